The molecular formula is C35H70F6N4O14S2Si2. The average molecular weight is 1010 g/mol. The smallest absolute Gasteiger partial charge is 0.460 e. The van der Waals surface area contributed by atoms with Crippen molar-refractivity contribution in [3.8, 4) is 0 Å². The highest BCUT2D eigenvalue weighted by molar-refractivity contribution is 8.13. The molecule has 0 aromatic carbocycles. The highest BCUT2D eigenvalue weighted by atomic mass is 32.3. The highest BCUT2D eigenvalue weighted by Crippen LogP contribution is 2.36. The lowest BCUT2D eigenvalue weighted by atomic mass is 10.1. The quantitative estimate of drug-likeness (QED) is 0.0286. The van der Waals surface area contributed by atoms with Crippen LogP contribution < -0.4 is 10.6 Å². The van der Waals surface area contributed by atoms with Gasteiger partial charge in [-0.05, 0) is 86.7 Å². The molecule has 18 nitrogen and oxygen atoms in total. The van der Waals surface area contributed by atoms with Crippen molar-refractivity contribution >= 4 is 49.6 Å². The predicted molar refractivity (Wildman–Crippen MR) is 224 cm³/mol. The second kappa shape index (κ2) is 31.4. The molecule has 0 unspecified atom stereocenters. The van der Waals surface area contributed by atoms with Crippen LogP contribution in [0.2, 0.25) is 12.1 Å². The number of hydrogen-bond acceptors (Lipinski definition) is 16. The lowest BCUT2D eigenvalue weighted by molar-refractivity contribution is -0.932. The molecule has 0 bridgehead atoms. The van der Waals surface area contributed by atoms with Crippen LogP contribution >= 0.6 is 0 Å². The zero-order valence-corrected chi connectivity index (χ0v) is 41.0. The van der Waals surface area contributed by atoms with E-state index in [4.69, 9.17) is 36.0 Å². The van der Waals surface area contributed by atoms with E-state index in [2.05, 4.69) is 10.6 Å². The Kier molecular flexibility index (Phi) is 30.7. The maximum absolute atomic E-state index is 12.4. The largest absolute Gasteiger partial charge is 0.500 e. The Labute approximate surface area is 371 Å². The number of nitrogens with one attached hydrogen (secondary N) is 2. The van der Waals surface area contributed by atoms with Gasteiger partial charge in [0.15, 0.2) is 20.0 Å². The molecule has 0 saturated carbocycles. The summed E-state index contributed by atoms with van der Waals surface area (Å²) in [7, 11) is -18.7. The third-order valence-corrected chi connectivity index (χ3v) is 18.1. The molecule has 0 radical (unpaired) electrons. The average Bonchev–Trinajstić information content (AvgIpc) is 3.17. The van der Waals surface area contributed by atoms with E-state index in [0.29, 0.717) is 78.8 Å². The topological polar surface area (TPSA) is 214 Å². The van der Waals surface area contributed by atoms with E-state index in [9.17, 15) is 52.8 Å². The summed E-state index contributed by atoms with van der Waals surface area (Å²) in [5, 5.41) is 6.66. The fourth-order valence-electron chi connectivity index (χ4n) is 6.30. The first kappa shape index (κ1) is 61.5. The number of piperidine rings is 1. The Morgan fingerprint density at radius 3 is 1.16 bits per heavy atom. The molecule has 1 rings (SSSR count). The zero-order valence-electron chi connectivity index (χ0n) is 37.4. The molecule has 0 aliphatic carbocycles. The molecule has 0 aromatic heterocycles. The molecule has 28 heteroatoms. The van der Waals surface area contributed by atoms with Crippen molar-refractivity contribution in [3.05, 3.63) is 4.13 Å². The van der Waals surface area contributed by atoms with Gasteiger partial charge >= 0.3 is 40.6 Å². The first-order valence-corrected chi connectivity index (χ1v) is 28.0. The van der Waals surface area contributed by atoms with Crippen molar-refractivity contribution in [1.82, 2.24) is 10.6 Å². The van der Waals surface area contributed by atoms with Gasteiger partial charge in [0.2, 0.25) is 0 Å². The lowest BCUT2D eigenvalue weighted by Gasteiger charge is -2.41. The molecule has 376 valence electrons. The van der Waals surface area contributed by atoms with Crippen LogP contribution in [-0.4, -0.2) is 167 Å². The first-order chi connectivity index (χ1) is 29.5. The summed E-state index contributed by atoms with van der Waals surface area (Å²) in [4.78, 5) is 24.9. The summed E-state index contributed by atoms with van der Waals surface area (Å²) in [6.07, 6.45) is 5.83. The lowest BCUT2D eigenvalue weighted by Crippen LogP contribution is -2.55. The van der Waals surface area contributed by atoms with E-state index in [1.54, 1.807) is 0 Å². The van der Waals surface area contributed by atoms with Gasteiger partial charge in [-0.25, -0.2) is 16.8 Å². The second-order valence-electron chi connectivity index (χ2n) is 13.8. The van der Waals surface area contributed by atoms with Crippen LogP contribution in [0.3, 0.4) is 0 Å². The number of hydrogen-bond donors (Lipinski definition) is 2. The summed E-state index contributed by atoms with van der Waals surface area (Å²) in [5.41, 5.74) is -12.4. The highest BCUT2D eigenvalue weighted by Gasteiger charge is 2.47. The molecular weight excluding hydrogens is 935 g/mol. The number of carbonyl (C=O) groups is 2. The van der Waals surface area contributed by atoms with Crippen molar-refractivity contribution in [3.63, 3.8) is 0 Å². The molecule has 0 atom stereocenters. The maximum Gasteiger partial charge on any atom is 0.500 e. The minimum absolute atomic E-state index is 0.194. The molecule has 0 amide bonds. The van der Waals surface area contributed by atoms with Crippen LogP contribution in [0, 0.1) is 0 Å². The van der Waals surface area contributed by atoms with Crippen molar-refractivity contribution in [2.24, 2.45) is 0 Å². The van der Waals surface area contributed by atoms with E-state index in [-0.39, 0.29) is 11.9 Å². The summed E-state index contributed by atoms with van der Waals surface area (Å²) in [6, 6.07) is 1.49. The molecule has 63 heavy (non-hydrogen) atoms. The van der Waals surface area contributed by atoms with Gasteiger partial charge in [0.05, 0.1) is 25.9 Å². The van der Waals surface area contributed by atoms with Crippen LogP contribution in [0.1, 0.15) is 86.5 Å². The number of sulfonamides is 2. The Bertz CT molecular complexity index is 1350. The third-order valence-electron chi connectivity index (χ3n) is 9.07. The molecule has 1 heterocycles. The Morgan fingerprint density at radius 1 is 0.556 bits per heavy atom. The van der Waals surface area contributed by atoms with Crippen molar-refractivity contribution in [2.75, 3.05) is 105 Å². The summed E-state index contributed by atoms with van der Waals surface area (Å²) >= 11 is 0. The fourth-order valence-corrected chi connectivity index (χ4v) is 13.2. The van der Waals surface area contributed by atoms with Crippen LogP contribution in [-0.2, 0) is 65.7 Å². The molecule has 1 fully saturated rings. The monoisotopic (exact) mass is 1000 g/mol. The van der Waals surface area contributed by atoms with E-state index in [0.717, 1.165) is 85.7 Å². The zero-order chi connectivity index (χ0) is 48.1. The van der Waals surface area contributed by atoms with Gasteiger partial charge in [-0.2, -0.15) is 26.3 Å². The minimum atomic E-state index is -6.72. The molecule has 1 aliphatic rings. The van der Waals surface area contributed by atoms with Gasteiger partial charge in [-0.15, -0.1) is 0 Å². The van der Waals surface area contributed by atoms with Crippen LogP contribution in [0.15, 0.2) is 0 Å². The van der Waals surface area contributed by atoms with Crippen LogP contribution in [0.4, 0.5) is 26.3 Å². The van der Waals surface area contributed by atoms with Crippen molar-refractivity contribution < 1.29 is 93.3 Å². The van der Waals surface area contributed by atoms with Gasteiger partial charge < -0.3 is 55.3 Å². The number of halogens is 6. The first-order valence-electron chi connectivity index (χ1n) is 21.3. The number of alkyl halides is 6. The SMILES string of the molecule is CCO[Si](CCCNCCC(=O)OCC[N+]1(CCOC(=O)CCNCCC[Si](OCC)(OCC)OCC)CCCCC1)(OCC)OCC.O=S(=O)([N-]S(=O)(=O)C(F)(F)F)C(F)(F)F. The van der Waals surface area contributed by atoms with Gasteiger partial charge in [0.1, 0.15) is 26.3 Å². The molecule has 0 spiro atoms. The second-order valence-corrected chi connectivity index (χ2v) is 22.7. The maximum atomic E-state index is 12.4. The number of esters is 2. The Morgan fingerprint density at radius 2 is 0.873 bits per heavy atom. The van der Waals surface area contributed by atoms with Crippen molar-refractivity contribution in [2.45, 2.75) is 110 Å². The van der Waals surface area contributed by atoms with Gasteiger partial charge in [0.25, 0.3) is 0 Å². The van der Waals surface area contributed by atoms with E-state index in [1.807, 2.05) is 41.5 Å². The fraction of sp³-hybridized carbons (Fsp3) is 0.943. The summed E-state index contributed by atoms with van der Waals surface area (Å²) in [5.74, 6) is -0.389. The van der Waals surface area contributed by atoms with Gasteiger partial charge in [-0.1, -0.05) is 0 Å². The predicted octanol–water partition coefficient (Wildman–Crippen LogP) is 4.97. The van der Waals surface area contributed by atoms with E-state index >= 15 is 0 Å². The van der Waals surface area contributed by atoms with Gasteiger partial charge in [-0.3, -0.25) is 9.59 Å². The van der Waals surface area contributed by atoms with Crippen LogP contribution in [0.25, 0.3) is 4.13 Å². The number of nitrogens with zero attached hydrogens (tertiary/aromatic N) is 2. The summed E-state index contributed by atoms with van der Waals surface area (Å²) < 4.78 is 157. The minimum Gasteiger partial charge on any atom is -0.460 e. The number of ether oxygens (including phenoxy) is 2. The van der Waals surface area contributed by atoms with Gasteiger partial charge in [0, 0.05) is 64.8 Å². The third kappa shape index (κ3) is 25.2. The van der Waals surface area contributed by atoms with E-state index in [1.165, 1.54) is 6.42 Å². The Balaban J connectivity index is 0.00000216. The number of rotatable bonds is 34. The Hall–Kier alpha value is -1.55. The molecule has 2 N–H and O–H groups in total. The van der Waals surface area contributed by atoms with Crippen LogP contribution in [0.5, 0.6) is 0 Å². The number of likely N-dealkylation sites (tertiary alicyclic amines) is 1. The molecule has 0 aromatic rings. The van der Waals surface area contributed by atoms with E-state index < -0.39 is 48.7 Å². The normalized spacial score (nSPS) is 15.1. The number of quaternary nitrogens is 1. The summed E-state index contributed by atoms with van der Waals surface area (Å²) in [6.45, 7) is 22.1. The molecule has 1 saturated heterocycles. The van der Waals surface area contributed by atoms with Crippen molar-refractivity contribution in [1.29, 1.82) is 0 Å². The number of carbonyl (C=O) groups excluding carboxylic acids is 2. The molecule has 1 aliphatic heterocycles. The standard InChI is InChI=1S/C33H70N3O10Si2.C2F6NO4S2/c1-7-41-47(42-8-2,43-9-3)30-16-20-34-22-18-32(37)39-28-26-36(24-14-13-15-25-36)27-29-40-33(38)19-23-35-21-17-31-48(44-10-4,45-11-5)46-12-6;3-1(4,5)14(10,11)9-15(12,13)2(6,7)8/h34-35H,7-31H2,1-6H3;/q+1;-1.